The second-order valence-electron chi connectivity index (χ2n) is 3.93. The molecule has 1 aromatic rings. The molecule has 0 fully saturated rings. The highest BCUT2D eigenvalue weighted by Gasteiger charge is 1.99. The van der Waals surface area contributed by atoms with Crippen molar-refractivity contribution >= 4 is 6.21 Å². The first-order valence-corrected chi connectivity index (χ1v) is 5.89. The van der Waals surface area contributed by atoms with Crippen molar-refractivity contribution in [2.45, 2.75) is 39.7 Å². The summed E-state index contributed by atoms with van der Waals surface area (Å²) in [5.41, 5.74) is 1.29. The van der Waals surface area contributed by atoms with Crippen molar-refractivity contribution in [2.24, 2.45) is 10.9 Å². The van der Waals surface area contributed by atoms with Crippen LogP contribution in [0.5, 0.6) is 0 Å². The molecule has 0 aliphatic heterocycles. The zero-order chi connectivity index (χ0) is 10.9. The van der Waals surface area contributed by atoms with Gasteiger partial charge in [-0.1, -0.05) is 57.0 Å². The van der Waals surface area contributed by atoms with Crippen molar-refractivity contribution in [1.29, 1.82) is 0 Å². The maximum Gasteiger partial charge on any atom is 0.0635 e. The number of benzene rings is 1. The zero-order valence-electron chi connectivity index (χ0n) is 9.82. The van der Waals surface area contributed by atoms with E-state index in [-0.39, 0.29) is 0 Å². The van der Waals surface area contributed by atoms with E-state index < -0.39 is 0 Å². The zero-order valence-corrected chi connectivity index (χ0v) is 9.82. The van der Waals surface area contributed by atoms with Crippen LogP contribution >= 0.6 is 0 Å². The Morgan fingerprint density at radius 2 is 1.80 bits per heavy atom. The van der Waals surface area contributed by atoms with E-state index in [4.69, 9.17) is 0 Å². The number of hydrogen-bond donors (Lipinski definition) is 0. The van der Waals surface area contributed by atoms with Crippen LogP contribution in [0.3, 0.4) is 0 Å². The van der Waals surface area contributed by atoms with E-state index in [1.807, 2.05) is 6.07 Å². The van der Waals surface area contributed by atoms with Gasteiger partial charge in [0.2, 0.25) is 0 Å². The second kappa shape index (κ2) is 7.22. The van der Waals surface area contributed by atoms with Crippen LogP contribution in [0.4, 0.5) is 0 Å². The van der Waals surface area contributed by atoms with Gasteiger partial charge in [0, 0.05) is 0 Å². The molecule has 0 aromatic heterocycles. The standard InChI is InChI=1S/C14H21N/c1-3-13(4-2)10-11-15-12-14-8-6-5-7-9-14/h5-9,11,13H,3-4,10,12H2,1-2H3. The first-order chi connectivity index (χ1) is 7.36. The molecular formula is C14H21N. The van der Waals surface area contributed by atoms with Crippen molar-refractivity contribution in [3.63, 3.8) is 0 Å². The average molecular weight is 203 g/mol. The van der Waals surface area contributed by atoms with Crippen molar-refractivity contribution < 1.29 is 0 Å². The third kappa shape index (κ3) is 4.78. The minimum Gasteiger partial charge on any atom is -0.293 e. The number of nitrogens with zero attached hydrogens (tertiary/aromatic N) is 1. The molecule has 0 saturated carbocycles. The van der Waals surface area contributed by atoms with Gasteiger partial charge in [-0.05, 0) is 24.1 Å². The Kier molecular flexibility index (Phi) is 5.76. The topological polar surface area (TPSA) is 12.4 Å². The minimum absolute atomic E-state index is 0.810. The van der Waals surface area contributed by atoms with Gasteiger partial charge in [-0.25, -0.2) is 0 Å². The number of aliphatic imine (C=N–C) groups is 1. The van der Waals surface area contributed by atoms with Gasteiger partial charge < -0.3 is 0 Å². The molecule has 0 aliphatic rings. The van der Waals surface area contributed by atoms with Gasteiger partial charge in [0.1, 0.15) is 0 Å². The highest BCUT2D eigenvalue weighted by Crippen LogP contribution is 2.10. The summed E-state index contributed by atoms with van der Waals surface area (Å²) in [5, 5.41) is 0. The van der Waals surface area contributed by atoms with Crippen LogP contribution in [0.15, 0.2) is 35.3 Å². The fourth-order valence-electron chi connectivity index (χ4n) is 1.60. The van der Waals surface area contributed by atoms with E-state index in [2.05, 4.69) is 49.3 Å². The van der Waals surface area contributed by atoms with Crippen LogP contribution in [-0.2, 0) is 6.54 Å². The molecule has 15 heavy (non-hydrogen) atoms. The summed E-state index contributed by atoms with van der Waals surface area (Å²) in [6.45, 7) is 5.32. The first kappa shape index (κ1) is 12.0. The molecule has 0 bridgehead atoms. The Labute approximate surface area is 93.2 Å². The SMILES string of the molecule is CCC(CC)CC=NCc1ccccc1. The molecule has 0 atom stereocenters. The lowest BCUT2D eigenvalue weighted by molar-refractivity contribution is 0.515. The summed E-state index contributed by atoms with van der Waals surface area (Å²) in [6, 6.07) is 10.4. The fraction of sp³-hybridized carbons (Fsp3) is 0.500. The highest BCUT2D eigenvalue weighted by molar-refractivity contribution is 5.57. The van der Waals surface area contributed by atoms with E-state index in [1.165, 1.54) is 18.4 Å². The molecular weight excluding hydrogens is 182 g/mol. The van der Waals surface area contributed by atoms with E-state index in [0.29, 0.717) is 0 Å². The summed E-state index contributed by atoms with van der Waals surface area (Å²) < 4.78 is 0. The third-order valence-corrected chi connectivity index (χ3v) is 2.84. The third-order valence-electron chi connectivity index (χ3n) is 2.84. The molecule has 0 aliphatic carbocycles. The van der Waals surface area contributed by atoms with Crippen LogP contribution < -0.4 is 0 Å². The summed E-state index contributed by atoms with van der Waals surface area (Å²) in [5.74, 6) is 0.810. The second-order valence-corrected chi connectivity index (χ2v) is 3.93. The van der Waals surface area contributed by atoms with Crippen molar-refractivity contribution in [3.8, 4) is 0 Å². The van der Waals surface area contributed by atoms with Gasteiger partial charge in [-0.3, -0.25) is 4.99 Å². The Hall–Kier alpha value is -1.11. The molecule has 1 rings (SSSR count). The average Bonchev–Trinajstić information content (AvgIpc) is 2.31. The van der Waals surface area contributed by atoms with E-state index in [0.717, 1.165) is 18.9 Å². The Morgan fingerprint density at radius 3 is 2.40 bits per heavy atom. The summed E-state index contributed by atoms with van der Waals surface area (Å²) in [6.07, 6.45) is 5.73. The van der Waals surface area contributed by atoms with E-state index >= 15 is 0 Å². The van der Waals surface area contributed by atoms with Gasteiger partial charge in [0.05, 0.1) is 6.54 Å². The largest absolute Gasteiger partial charge is 0.293 e. The highest BCUT2D eigenvalue weighted by atomic mass is 14.7. The van der Waals surface area contributed by atoms with E-state index in [1.54, 1.807) is 0 Å². The van der Waals surface area contributed by atoms with Crippen LogP contribution in [0.2, 0.25) is 0 Å². The van der Waals surface area contributed by atoms with Crippen LogP contribution in [-0.4, -0.2) is 6.21 Å². The van der Waals surface area contributed by atoms with Crippen LogP contribution in [0, 0.1) is 5.92 Å². The molecule has 0 unspecified atom stereocenters. The van der Waals surface area contributed by atoms with Gasteiger partial charge in [0.25, 0.3) is 0 Å². The summed E-state index contributed by atoms with van der Waals surface area (Å²) in [4.78, 5) is 4.45. The van der Waals surface area contributed by atoms with Crippen molar-refractivity contribution in [2.75, 3.05) is 0 Å². The molecule has 0 heterocycles. The maximum absolute atomic E-state index is 4.45. The molecule has 82 valence electrons. The minimum atomic E-state index is 0.810. The smallest absolute Gasteiger partial charge is 0.0635 e. The molecule has 0 saturated heterocycles. The summed E-state index contributed by atoms with van der Waals surface area (Å²) >= 11 is 0. The molecule has 1 aromatic carbocycles. The lowest BCUT2D eigenvalue weighted by Crippen LogP contribution is -1.97. The van der Waals surface area contributed by atoms with E-state index in [9.17, 15) is 0 Å². The van der Waals surface area contributed by atoms with Gasteiger partial charge in [-0.15, -0.1) is 0 Å². The quantitative estimate of drug-likeness (QED) is 0.618. The monoisotopic (exact) mass is 203 g/mol. The van der Waals surface area contributed by atoms with Crippen LogP contribution in [0.25, 0.3) is 0 Å². The molecule has 0 radical (unpaired) electrons. The van der Waals surface area contributed by atoms with Crippen molar-refractivity contribution in [1.82, 2.24) is 0 Å². The molecule has 1 nitrogen and oxygen atoms in total. The lowest BCUT2D eigenvalue weighted by Gasteiger charge is -2.07. The predicted molar refractivity (Wildman–Crippen MR) is 67.3 cm³/mol. The molecule has 0 amide bonds. The van der Waals surface area contributed by atoms with Gasteiger partial charge >= 0.3 is 0 Å². The predicted octanol–water partition coefficient (Wildman–Crippen LogP) is 4.08. The number of hydrogen-bond acceptors (Lipinski definition) is 1. The van der Waals surface area contributed by atoms with Crippen LogP contribution in [0.1, 0.15) is 38.7 Å². The molecule has 1 heteroatoms. The molecule has 0 spiro atoms. The Morgan fingerprint density at radius 1 is 1.13 bits per heavy atom. The normalized spacial score (nSPS) is 11.4. The van der Waals surface area contributed by atoms with Gasteiger partial charge in [-0.2, -0.15) is 0 Å². The fourth-order valence-corrected chi connectivity index (χ4v) is 1.60. The summed E-state index contributed by atoms with van der Waals surface area (Å²) in [7, 11) is 0. The number of rotatable bonds is 6. The molecule has 0 N–H and O–H groups in total. The van der Waals surface area contributed by atoms with Gasteiger partial charge in [0.15, 0.2) is 0 Å². The Bertz CT molecular complexity index is 273. The Balaban J connectivity index is 2.28. The lowest BCUT2D eigenvalue weighted by atomic mass is 10.0. The first-order valence-electron chi connectivity index (χ1n) is 5.89. The van der Waals surface area contributed by atoms with Crippen molar-refractivity contribution in [3.05, 3.63) is 35.9 Å². The maximum atomic E-state index is 4.45.